The summed E-state index contributed by atoms with van der Waals surface area (Å²) in [7, 11) is 0. The maximum Gasteiger partial charge on any atom is 0.238 e. The summed E-state index contributed by atoms with van der Waals surface area (Å²) >= 11 is 0. The van der Waals surface area contributed by atoms with E-state index >= 15 is 0 Å². The SMILES string of the molecule is O=C1[C@@H]2[C@H](C(=O)N1c1ccccc1)[C@H]1CCCCC1=C1CCCC[C@@H]12. The van der Waals surface area contributed by atoms with Crippen molar-refractivity contribution in [3.8, 4) is 0 Å². The number of imide groups is 1. The molecule has 4 aliphatic rings. The molecule has 4 atom stereocenters. The summed E-state index contributed by atoms with van der Waals surface area (Å²) in [5, 5.41) is 0. The molecule has 0 bridgehead atoms. The molecule has 2 saturated carbocycles. The topological polar surface area (TPSA) is 37.4 Å². The van der Waals surface area contributed by atoms with Crippen LogP contribution in [0.5, 0.6) is 0 Å². The Kier molecular flexibility index (Phi) is 3.58. The lowest BCUT2D eigenvalue weighted by molar-refractivity contribution is -0.123. The second kappa shape index (κ2) is 5.82. The van der Waals surface area contributed by atoms with Crippen LogP contribution in [0.1, 0.15) is 51.4 Å². The average molecular weight is 335 g/mol. The molecule has 3 nitrogen and oxygen atoms in total. The number of carbonyl (C=O) groups is 2. The number of nitrogens with zero attached hydrogens (tertiary/aromatic N) is 1. The van der Waals surface area contributed by atoms with Crippen molar-refractivity contribution in [1.82, 2.24) is 0 Å². The molecule has 5 rings (SSSR count). The Bertz CT molecular complexity index is 707. The van der Waals surface area contributed by atoms with E-state index in [1.54, 1.807) is 11.1 Å². The number of allylic oxidation sites excluding steroid dienone is 2. The molecule has 2 amide bonds. The quantitative estimate of drug-likeness (QED) is 0.560. The highest BCUT2D eigenvalue weighted by atomic mass is 16.2. The first-order chi connectivity index (χ1) is 12.3. The summed E-state index contributed by atoms with van der Waals surface area (Å²) in [5.41, 5.74) is 3.91. The van der Waals surface area contributed by atoms with E-state index in [2.05, 4.69) is 0 Å². The summed E-state index contributed by atoms with van der Waals surface area (Å²) in [4.78, 5) is 28.2. The molecule has 0 aromatic heterocycles. The van der Waals surface area contributed by atoms with Crippen molar-refractivity contribution in [2.75, 3.05) is 4.90 Å². The van der Waals surface area contributed by atoms with E-state index in [0.29, 0.717) is 11.8 Å². The zero-order valence-electron chi connectivity index (χ0n) is 14.6. The predicted octanol–water partition coefficient (Wildman–Crippen LogP) is 4.48. The lowest BCUT2D eigenvalue weighted by atomic mass is 9.58. The van der Waals surface area contributed by atoms with Crippen molar-refractivity contribution < 1.29 is 9.59 Å². The van der Waals surface area contributed by atoms with Crippen LogP contribution in [0, 0.1) is 23.7 Å². The van der Waals surface area contributed by atoms with E-state index in [1.807, 2.05) is 30.3 Å². The maximum atomic E-state index is 13.4. The first-order valence-corrected chi connectivity index (χ1v) is 9.92. The van der Waals surface area contributed by atoms with Gasteiger partial charge in [0.1, 0.15) is 0 Å². The highest BCUT2D eigenvalue weighted by molar-refractivity contribution is 6.22. The van der Waals surface area contributed by atoms with Gasteiger partial charge in [0.25, 0.3) is 0 Å². The number of benzene rings is 1. The molecular formula is C22H25NO2. The Morgan fingerprint density at radius 3 is 1.76 bits per heavy atom. The largest absolute Gasteiger partial charge is 0.274 e. The third-order valence-electron chi connectivity index (χ3n) is 7.01. The molecule has 1 aliphatic heterocycles. The van der Waals surface area contributed by atoms with Crippen molar-refractivity contribution >= 4 is 17.5 Å². The second-order valence-electron chi connectivity index (χ2n) is 8.15. The standard InChI is InChI=1S/C22H25NO2/c24-21-19-17-12-6-4-10-15(17)16-11-5-7-13-18(16)20(19)22(25)23(21)14-8-2-1-3-9-14/h1-3,8-9,17-20H,4-7,10-13H2/t17-,18-,19-,20+/m0/s1. The van der Waals surface area contributed by atoms with Crippen LogP contribution in [0.3, 0.4) is 0 Å². The van der Waals surface area contributed by atoms with E-state index in [-0.39, 0.29) is 23.7 Å². The number of hydrogen-bond donors (Lipinski definition) is 0. The number of amides is 2. The summed E-state index contributed by atoms with van der Waals surface area (Å²) in [6, 6.07) is 9.54. The van der Waals surface area contributed by atoms with Gasteiger partial charge in [0.05, 0.1) is 17.5 Å². The fourth-order valence-electron chi connectivity index (χ4n) is 6.06. The predicted molar refractivity (Wildman–Crippen MR) is 96.9 cm³/mol. The molecule has 1 heterocycles. The lowest BCUT2D eigenvalue weighted by Crippen LogP contribution is -2.41. The first-order valence-electron chi connectivity index (χ1n) is 9.92. The van der Waals surface area contributed by atoms with Crippen molar-refractivity contribution in [2.24, 2.45) is 23.7 Å². The molecule has 0 unspecified atom stereocenters. The van der Waals surface area contributed by atoms with Crippen molar-refractivity contribution in [1.29, 1.82) is 0 Å². The van der Waals surface area contributed by atoms with E-state index in [9.17, 15) is 9.59 Å². The molecule has 3 heteroatoms. The lowest BCUT2D eigenvalue weighted by Gasteiger charge is -2.44. The van der Waals surface area contributed by atoms with Gasteiger partial charge in [-0.25, -0.2) is 0 Å². The van der Waals surface area contributed by atoms with Crippen LogP contribution >= 0.6 is 0 Å². The van der Waals surface area contributed by atoms with Gasteiger partial charge in [-0.1, -0.05) is 42.2 Å². The summed E-state index contributed by atoms with van der Waals surface area (Å²) in [6.45, 7) is 0. The van der Waals surface area contributed by atoms with Gasteiger partial charge in [0.15, 0.2) is 0 Å². The zero-order valence-corrected chi connectivity index (χ0v) is 14.6. The van der Waals surface area contributed by atoms with Crippen LogP contribution in [0.25, 0.3) is 0 Å². The molecule has 25 heavy (non-hydrogen) atoms. The second-order valence-corrected chi connectivity index (χ2v) is 8.15. The Morgan fingerprint density at radius 1 is 0.720 bits per heavy atom. The molecule has 0 N–H and O–H groups in total. The Hall–Kier alpha value is -1.90. The highest BCUT2D eigenvalue weighted by Crippen LogP contribution is 2.56. The van der Waals surface area contributed by atoms with Crippen molar-refractivity contribution in [3.63, 3.8) is 0 Å². The van der Waals surface area contributed by atoms with Crippen LogP contribution in [0.15, 0.2) is 41.5 Å². The Balaban J connectivity index is 1.61. The van der Waals surface area contributed by atoms with Crippen LogP contribution < -0.4 is 4.90 Å². The molecule has 1 aromatic carbocycles. The van der Waals surface area contributed by atoms with Gasteiger partial charge in [-0.2, -0.15) is 0 Å². The van der Waals surface area contributed by atoms with Gasteiger partial charge in [-0.15, -0.1) is 0 Å². The molecule has 3 aliphatic carbocycles. The molecule has 1 saturated heterocycles. The van der Waals surface area contributed by atoms with E-state index in [4.69, 9.17) is 0 Å². The molecule has 0 radical (unpaired) electrons. The molecular weight excluding hydrogens is 310 g/mol. The zero-order chi connectivity index (χ0) is 17.0. The van der Waals surface area contributed by atoms with Crippen molar-refractivity contribution in [2.45, 2.75) is 51.4 Å². The molecule has 3 fully saturated rings. The van der Waals surface area contributed by atoms with Crippen LogP contribution in [0.4, 0.5) is 5.69 Å². The van der Waals surface area contributed by atoms with E-state index < -0.39 is 0 Å². The number of anilines is 1. The van der Waals surface area contributed by atoms with Gasteiger partial charge < -0.3 is 0 Å². The number of fused-ring (bicyclic) bond motifs is 5. The molecule has 130 valence electrons. The van der Waals surface area contributed by atoms with Gasteiger partial charge >= 0.3 is 0 Å². The van der Waals surface area contributed by atoms with Gasteiger partial charge in [-0.3, -0.25) is 14.5 Å². The summed E-state index contributed by atoms with van der Waals surface area (Å²) < 4.78 is 0. The average Bonchev–Trinajstić information content (AvgIpc) is 2.94. The number of hydrogen-bond acceptors (Lipinski definition) is 2. The Labute approximate surface area is 149 Å². The van der Waals surface area contributed by atoms with Crippen LogP contribution in [-0.4, -0.2) is 11.8 Å². The van der Waals surface area contributed by atoms with Gasteiger partial charge in [0, 0.05) is 0 Å². The first kappa shape index (κ1) is 15.4. The van der Waals surface area contributed by atoms with Crippen LogP contribution in [-0.2, 0) is 9.59 Å². The fourth-order valence-corrected chi connectivity index (χ4v) is 6.06. The minimum absolute atomic E-state index is 0.0650. The highest BCUT2D eigenvalue weighted by Gasteiger charge is 2.58. The van der Waals surface area contributed by atoms with E-state index in [0.717, 1.165) is 31.4 Å². The molecule has 0 spiro atoms. The number of para-hydroxylation sites is 1. The third kappa shape index (κ3) is 2.17. The summed E-state index contributed by atoms with van der Waals surface area (Å²) in [6.07, 6.45) is 9.40. The minimum Gasteiger partial charge on any atom is -0.274 e. The van der Waals surface area contributed by atoms with Crippen molar-refractivity contribution in [3.05, 3.63) is 41.5 Å². The third-order valence-corrected chi connectivity index (χ3v) is 7.01. The smallest absolute Gasteiger partial charge is 0.238 e. The number of rotatable bonds is 1. The molecule has 1 aromatic rings. The normalized spacial score (nSPS) is 34.6. The minimum atomic E-state index is -0.102. The number of carbonyl (C=O) groups excluding carboxylic acids is 2. The fraction of sp³-hybridized carbons (Fsp3) is 0.545. The van der Waals surface area contributed by atoms with Gasteiger partial charge in [-0.05, 0) is 62.5 Å². The summed E-state index contributed by atoms with van der Waals surface area (Å²) in [5.74, 6) is 0.580. The monoisotopic (exact) mass is 335 g/mol. The van der Waals surface area contributed by atoms with E-state index in [1.165, 1.54) is 30.6 Å². The Morgan fingerprint density at radius 2 is 1.24 bits per heavy atom. The maximum absolute atomic E-state index is 13.4. The van der Waals surface area contributed by atoms with Gasteiger partial charge in [0.2, 0.25) is 11.8 Å². The van der Waals surface area contributed by atoms with Crippen LogP contribution in [0.2, 0.25) is 0 Å².